The van der Waals surface area contributed by atoms with Crippen LogP contribution in [0.15, 0.2) is 47.4 Å². The number of ether oxygens (including phenoxy) is 2. The Kier molecular flexibility index (Phi) is 6.78. The average molecular weight is 511 g/mol. The first-order chi connectivity index (χ1) is 13.0. The van der Waals surface area contributed by atoms with E-state index >= 15 is 0 Å². The second kappa shape index (κ2) is 9.07. The molecule has 140 valence electrons. The molecule has 3 rings (SSSR count). The third-order valence-corrected chi connectivity index (χ3v) is 6.08. The fourth-order valence-electron chi connectivity index (χ4n) is 2.56. The summed E-state index contributed by atoms with van der Waals surface area (Å²) in [5.74, 6) is 1.24. The highest BCUT2D eigenvalue weighted by Crippen LogP contribution is 2.34. The summed E-state index contributed by atoms with van der Waals surface area (Å²) in [4.78, 5) is 14.6. The van der Waals surface area contributed by atoms with Crippen LogP contribution in [-0.4, -0.2) is 28.8 Å². The number of benzene rings is 2. The normalized spacial score (nSPS) is 15.5. The topological polar surface area (TPSA) is 38.8 Å². The van der Waals surface area contributed by atoms with E-state index in [2.05, 4.69) is 22.6 Å². The van der Waals surface area contributed by atoms with Gasteiger partial charge in [-0.05, 0) is 71.0 Å². The van der Waals surface area contributed by atoms with Crippen LogP contribution in [0.1, 0.15) is 18.1 Å². The summed E-state index contributed by atoms with van der Waals surface area (Å²) in [7, 11) is 1.60. The first-order valence-electron chi connectivity index (χ1n) is 8.32. The van der Waals surface area contributed by atoms with Crippen molar-refractivity contribution >= 4 is 62.9 Å². The number of carbonyl (C=O) groups is 1. The molecule has 1 heterocycles. The zero-order chi connectivity index (χ0) is 19.4. The molecule has 1 amide bonds. The molecule has 0 atom stereocenters. The number of rotatable bonds is 6. The van der Waals surface area contributed by atoms with Gasteiger partial charge >= 0.3 is 0 Å². The van der Waals surface area contributed by atoms with Crippen LogP contribution in [0.3, 0.4) is 0 Å². The van der Waals surface area contributed by atoms with E-state index in [0.717, 1.165) is 11.1 Å². The third kappa shape index (κ3) is 4.83. The number of thioether (sulfide) groups is 1. The SMILES string of the molecule is CCN1C(=O)/C(=C\c2ccc(OCc3ccc(I)cc3)c(OC)c2)SC1=S. The maximum absolute atomic E-state index is 12.3. The van der Waals surface area contributed by atoms with Crippen molar-refractivity contribution in [2.45, 2.75) is 13.5 Å². The van der Waals surface area contributed by atoms with Gasteiger partial charge in [-0.1, -0.05) is 42.2 Å². The second-order valence-electron chi connectivity index (χ2n) is 5.75. The van der Waals surface area contributed by atoms with Crippen LogP contribution in [0.5, 0.6) is 11.5 Å². The van der Waals surface area contributed by atoms with Gasteiger partial charge in [0.15, 0.2) is 11.5 Å². The molecule has 2 aromatic carbocycles. The number of amides is 1. The lowest BCUT2D eigenvalue weighted by atomic mass is 10.1. The molecular weight excluding hydrogens is 493 g/mol. The van der Waals surface area contributed by atoms with Crippen LogP contribution >= 0.6 is 46.6 Å². The van der Waals surface area contributed by atoms with Gasteiger partial charge in [0.25, 0.3) is 5.91 Å². The van der Waals surface area contributed by atoms with Gasteiger partial charge in [-0.2, -0.15) is 0 Å². The Balaban J connectivity index is 1.76. The average Bonchev–Trinajstić information content (AvgIpc) is 2.94. The monoisotopic (exact) mass is 511 g/mol. The molecule has 4 nitrogen and oxygen atoms in total. The quantitative estimate of drug-likeness (QED) is 0.307. The van der Waals surface area contributed by atoms with Gasteiger partial charge in [0, 0.05) is 10.1 Å². The fourth-order valence-corrected chi connectivity index (χ4v) is 4.30. The largest absolute Gasteiger partial charge is 0.493 e. The standard InChI is InChI=1S/C20H18INO3S2/c1-3-22-19(23)18(27-20(22)26)11-14-6-9-16(17(10-14)24-2)25-12-13-4-7-15(21)8-5-13/h4-11H,3,12H2,1-2H3/b18-11+. The number of hydrogen-bond acceptors (Lipinski definition) is 5. The minimum Gasteiger partial charge on any atom is -0.493 e. The van der Waals surface area contributed by atoms with Crippen molar-refractivity contribution in [2.24, 2.45) is 0 Å². The highest BCUT2D eigenvalue weighted by Gasteiger charge is 2.30. The zero-order valence-electron chi connectivity index (χ0n) is 14.9. The molecule has 0 aromatic heterocycles. The van der Waals surface area contributed by atoms with E-state index < -0.39 is 0 Å². The van der Waals surface area contributed by atoms with E-state index in [4.69, 9.17) is 21.7 Å². The number of carbonyl (C=O) groups excluding carboxylic acids is 1. The van der Waals surface area contributed by atoms with Crippen molar-refractivity contribution in [3.63, 3.8) is 0 Å². The first kappa shape index (κ1) is 20.2. The molecule has 0 spiro atoms. The summed E-state index contributed by atoms with van der Waals surface area (Å²) >= 11 is 8.85. The van der Waals surface area contributed by atoms with Gasteiger partial charge in [0.05, 0.1) is 12.0 Å². The van der Waals surface area contributed by atoms with Gasteiger partial charge in [0.2, 0.25) is 0 Å². The summed E-state index contributed by atoms with van der Waals surface area (Å²) < 4.78 is 13.1. The maximum Gasteiger partial charge on any atom is 0.266 e. The molecule has 0 aliphatic carbocycles. The lowest BCUT2D eigenvalue weighted by molar-refractivity contribution is -0.121. The molecule has 0 N–H and O–H groups in total. The summed E-state index contributed by atoms with van der Waals surface area (Å²) in [5.41, 5.74) is 1.95. The third-order valence-electron chi connectivity index (χ3n) is 3.98. The van der Waals surface area contributed by atoms with Crippen LogP contribution in [0.25, 0.3) is 6.08 Å². The Bertz CT molecular complexity index is 897. The Hall–Kier alpha value is -1.58. The van der Waals surface area contributed by atoms with E-state index in [-0.39, 0.29) is 5.91 Å². The molecule has 0 bridgehead atoms. The minimum absolute atomic E-state index is 0.0505. The lowest BCUT2D eigenvalue weighted by Gasteiger charge is -2.12. The van der Waals surface area contributed by atoms with Crippen LogP contribution in [-0.2, 0) is 11.4 Å². The van der Waals surface area contributed by atoms with E-state index in [9.17, 15) is 4.79 Å². The molecule has 27 heavy (non-hydrogen) atoms. The van der Waals surface area contributed by atoms with Crippen LogP contribution < -0.4 is 9.47 Å². The van der Waals surface area contributed by atoms with Crippen molar-refractivity contribution < 1.29 is 14.3 Å². The summed E-state index contributed by atoms with van der Waals surface area (Å²) in [6.45, 7) is 2.95. The molecule has 1 aliphatic heterocycles. The van der Waals surface area contributed by atoms with Crippen LogP contribution in [0.2, 0.25) is 0 Å². The Morgan fingerprint density at radius 3 is 2.56 bits per heavy atom. The van der Waals surface area contributed by atoms with E-state index in [1.165, 1.54) is 15.3 Å². The Labute approximate surface area is 182 Å². The Morgan fingerprint density at radius 2 is 1.93 bits per heavy atom. The second-order valence-corrected chi connectivity index (χ2v) is 8.67. The van der Waals surface area contributed by atoms with Gasteiger partial charge in [-0.15, -0.1) is 0 Å². The van der Waals surface area contributed by atoms with Crippen LogP contribution in [0, 0.1) is 3.57 Å². The summed E-state index contributed by atoms with van der Waals surface area (Å²) in [5, 5.41) is 0. The van der Waals surface area contributed by atoms with Crippen molar-refractivity contribution in [2.75, 3.05) is 13.7 Å². The molecule has 0 unspecified atom stereocenters. The van der Waals surface area contributed by atoms with Gasteiger partial charge in [-0.3, -0.25) is 9.69 Å². The Morgan fingerprint density at radius 1 is 1.19 bits per heavy atom. The molecule has 1 saturated heterocycles. The van der Waals surface area contributed by atoms with E-state index in [1.807, 2.05) is 55.5 Å². The number of likely N-dealkylation sites (N-methyl/N-ethyl adjacent to an activating group) is 1. The van der Waals surface area contributed by atoms with E-state index in [0.29, 0.717) is 33.9 Å². The van der Waals surface area contributed by atoms with Crippen molar-refractivity contribution in [3.8, 4) is 11.5 Å². The van der Waals surface area contributed by atoms with Gasteiger partial charge in [-0.25, -0.2) is 0 Å². The molecule has 7 heteroatoms. The highest BCUT2D eigenvalue weighted by molar-refractivity contribution is 14.1. The first-order valence-corrected chi connectivity index (χ1v) is 10.6. The van der Waals surface area contributed by atoms with Gasteiger partial charge in [0.1, 0.15) is 10.9 Å². The number of thiocarbonyl (C=S) groups is 1. The molecular formula is C20H18INO3S2. The summed E-state index contributed by atoms with van der Waals surface area (Å²) in [6, 6.07) is 13.8. The fraction of sp³-hybridized carbons (Fsp3) is 0.200. The predicted molar refractivity (Wildman–Crippen MR) is 122 cm³/mol. The maximum atomic E-state index is 12.3. The predicted octanol–water partition coefficient (Wildman–Crippen LogP) is 5.10. The zero-order valence-corrected chi connectivity index (χ0v) is 18.7. The molecule has 1 aliphatic rings. The minimum atomic E-state index is -0.0505. The lowest BCUT2D eigenvalue weighted by Crippen LogP contribution is -2.27. The number of nitrogens with zero attached hydrogens (tertiary/aromatic N) is 1. The molecule has 0 radical (unpaired) electrons. The molecule has 2 aromatic rings. The van der Waals surface area contributed by atoms with Crippen molar-refractivity contribution in [1.82, 2.24) is 4.90 Å². The summed E-state index contributed by atoms with van der Waals surface area (Å²) in [6.07, 6.45) is 1.83. The van der Waals surface area contributed by atoms with Crippen LogP contribution in [0.4, 0.5) is 0 Å². The van der Waals surface area contributed by atoms with E-state index in [1.54, 1.807) is 12.0 Å². The number of hydrogen-bond donors (Lipinski definition) is 0. The van der Waals surface area contributed by atoms with Crippen molar-refractivity contribution in [1.29, 1.82) is 0 Å². The van der Waals surface area contributed by atoms with Gasteiger partial charge < -0.3 is 9.47 Å². The molecule has 0 saturated carbocycles. The molecule has 1 fully saturated rings. The smallest absolute Gasteiger partial charge is 0.266 e. The number of methoxy groups -OCH3 is 1. The highest BCUT2D eigenvalue weighted by atomic mass is 127. The van der Waals surface area contributed by atoms with Crippen molar-refractivity contribution in [3.05, 3.63) is 62.1 Å². The number of halogens is 1.